The van der Waals surface area contributed by atoms with Crippen LogP contribution < -0.4 is 5.32 Å². The highest BCUT2D eigenvalue weighted by Crippen LogP contribution is 2.27. The van der Waals surface area contributed by atoms with Crippen LogP contribution in [0.5, 0.6) is 0 Å². The van der Waals surface area contributed by atoms with E-state index in [4.69, 9.17) is 0 Å². The molecule has 2 atom stereocenters. The summed E-state index contributed by atoms with van der Waals surface area (Å²) in [5.41, 5.74) is -0.837. The number of nitrogens with one attached hydrogen (secondary N) is 1. The van der Waals surface area contributed by atoms with Gasteiger partial charge < -0.3 is 5.32 Å². The summed E-state index contributed by atoms with van der Waals surface area (Å²) in [7, 11) is 0. The minimum absolute atomic E-state index is 0.0968. The molecule has 0 aliphatic rings. The summed E-state index contributed by atoms with van der Waals surface area (Å²) in [5.74, 6) is 0. The molecule has 0 amide bonds. The minimum Gasteiger partial charge on any atom is -0.312 e. The van der Waals surface area contributed by atoms with E-state index in [1.165, 1.54) is 10.9 Å². The summed E-state index contributed by atoms with van der Waals surface area (Å²) in [6, 6.07) is 1.28. The van der Waals surface area contributed by atoms with Gasteiger partial charge in [0, 0.05) is 18.8 Å². The molecule has 1 rings (SSSR count). The van der Waals surface area contributed by atoms with Crippen molar-refractivity contribution in [2.75, 3.05) is 6.54 Å². The largest absolute Gasteiger partial charge is 0.435 e. The molecular formula is C12H20F3N3. The molecule has 18 heavy (non-hydrogen) atoms. The first-order valence-corrected chi connectivity index (χ1v) is 6.20. The molecular weight excluding hydrogens is 243 g/mol. The smallest absolute Gasteiger partial charge is 0.312 e. The van der Waals surface area contributed by atoms with Crippen molar-refractivity contribution in [2.45, 2.75) is 51.9 Å². The molecule has 6 heteroatoms. The van der Waals surface area contributed by atoms with Crippen LogP contribution in [-0.4, -0.2) is 22.4 Å². The molecule has 0 radical (unpaired) electrons. The molecule has 0 aromatic carbocycles. The summed E-state index contributed by atoms with van der Waals surface area (Å²) >= 11 is 0. The second-order valence-corrected chi connectivity index (χ2v) is 4.63. The molecule has 1 aromatic heterocycles. The maximum Gasteiger partial charge on any atom is 0.435 e. The second-order valence-electron chi connectivity index (χ2n) is 4.63. The zero-order valence-electron chi connectivity index (χ0n) is 11.0. The van der Waals surface area contributed by atoms with Crippen molar-refractivity contribution in [2.24, 2.45) is 0 Å². The molecule has 2 unspecified atom stereocenters. The first-order chi connectivity index (χ1) is 8.34. The van der Waals surface area contributed by atoms with Crippen LogP contribution >= 0.6 is 0 Å². The Labute approximate surface area is 105 Å². The Bertz CT molecular complexity index is 360. The molecule has 0 aliphatic carbocycles. The molecule has 0 bridgehead atoms. The highest BCUT2D eigenvalue weighted by Gasteiger charge is 2.33. The van der Waals surface area contributed by atoms with Crippen molar-refractivity contribution in [1.29, 1.82) is 0 Å². The Hall–Kier alpha value is -1.04. The zero-order valence-corrected chi connectivity index (χ0v) is 11.0. The lowest BCUT2D eigenvalue weighted by molar-refractivity contribution is -0.141. The molecule has 3 nitrogen and oxygen atoms in total. The standard InChI is InChI=1S/C12H20F3N3/c1-4-5-9(2)16-8-10(3)18-7-6-11(17-18)12(13,14)15/h6-7,9-10,16H,4-5,8H2,1-3H3. The number of hydrogen-bond donors (Lipinski definition) is 1. The third kappa shape index (κ3) is 4.33. The first kappa shape index (κ1) is 15.0. The van der Waals surface area contributed by atoms with Gasteiger partial charge in [0.1, 0.15) is 0 Å². The van der Waals surface area contributed by atoms with Gasteiger partial charge in [0.2, 0.25) is 0 Å². The van der Waals surface area contributed by atoms with Gasteiger partial charge in [0.05, 0.1) is 6.04 Å². The summed E-state index contributed by atoms with van der Waals surface area (Å²) < 4.78 is 38.5. The lowest BCUT2D eigenvalue weighted by atomic mass is 10.2. The minimum atomic E-state index is -4.37. The van der Waals surface area contributed by atoms with Gasteiger partial charge in [-0.2, -0.15) is 18.3 Å². The monoisotopic (exact) mass is 263 g/mol. The highest BCUT2D eigenvalue weighted by molar-refractivity contribution is 5.03. The molecule has 0 saturated heterocycles. The van der Waals surface area contributed by atoms with Crippen molar-refractivity contribution in [3.8, 4) is 0 Å². The molecule has 1 N–H and O–H groups in total. The number of aromatic nitrogens is 2. The molecule has 1 heterocycles. The summed E-state index contributed by atoms with van der Waals surface area (Å²) in [4.78, 5) is 0. The molecule has 104 valence electrons. The fourth-order valence-corrected chi connectivity index (χ4v) is 1.74. The van der Waals surface area contributed by atoms with Crippen LogP contribution in [0.4, 0.5) is 13.2 Å². The molecule has 1 aromatic rings. The average Bonchev–Trinajstić information content (AvgIpc) is 2.75. The lowest BCUT2D eigenvalue weighted by Gasteiger charge is -2.17. The molecule has 0 saturated carbocycles. The van der Waals surface area contributed by atoms with Crippen LogP contribution in [0.15, 0.2) is 12.3 Å². The summed E-state index contributed by atoms with van der Waals surface area (Å²) in [6.45, 7) is 6.63. The van der Waals surface area contributed by atoms with E-state index in [-0.39, 0.29) is 6.04 Å². The third-order valence-corrected chi connectivity index (χ3v) is 2.83. The highest BCUT2D eigenvalue weighted by atomic mass is 19.4. The van der Waals surface area contributed by atoms with Gasteiger partial charge in [-0.1, -0.05) is 13.3 Å². The molecule has 0 aliphatic heterocycles. The van der Waals surface area contributed by atoms with E-state index < -0.39 is 11.9 Å². The van der Waals surface area contributed by atoms with Gasteiger partial charge >= 0.3 is 6.18 Å². The number of nitrogens with zero attached hydrogens (tertiary/aromatic N) is 2. The van der Waals surface area contributed by atoms with Crippen molar-refractivity contribution in [3.63, 3.8) is 0 Å². The Morgan fingerprint density at radius 1 is 1.39 bits per heavy atom. The van der Waals surface area contributed by atoms with Crippen LogP contribution in [0.25, 0.3) is 0 Å². The van der Waals surface area contributed by atoms with Crippen LogP contribution in [0, 0.1) is 0 Å². The fourth-order valence-electron chi connectivity index (χ4n) is 1.74. The Kier molecular flexibility index (Phi) is 5.19. The first-order valence-electron chi connectivity index (χ1n) is 6.20. The summed E-state index contributed by atoms with van der Waals surface area (Å²) in [5, 5.41) is 6.84. The maximum absolute atomic E-state index is 12.4. The van der Waals surface area contributed by atoms with E-state index in [1.54, 1.807) is 0 Å². The maximum atomic E-state index is 12.4. The van der Waals surface area contributed by atoms with Crippen molar-refractivity contribution in [1.82, 2.24) is 15.1 Å². The Morgan fingerprint density at radius 2 is 2.06 bits per heavy atom. The van der Waals surface area contributed by atoms with E-state index in [0.717, 1.165) is 18.9 Å². The predicted octanol–water partition coefficient (Wildman–Crippen LogP) is 3.24. The predicted molar refractivity (Wildman–Crippen MR) is 64.3 cm³/mol. The number of rotatable bonds is 6. The number of halogens is 3. The third-order valence-electron chi connectivity index (χ3n) is 2.83. The van der Waals surface area contributed by atoms with Gasteiger partial charge in [-0.15, -0.1) is 0 Å². The fraction of sp³-hybridized carbons (Fsp3) is 0.750. The Balaban J connectivity index is 2.52. The average molecular weight is 263 g/mol. The van der Waals surface area contributed by atoms with Gasteiger partial charge in [-0.05, 0) is 26.3 Å². The lowest BCUT2D eigenvalue weighted by Crippen LogP contribution is -2.31. The van der Waals surface area contributed by atoms with Crippen LogP contribution in [-0.2, 0) is 6.18 Å². The second kappa shape index (κ2) is 6.22. The van der Waals surface area contributed by atoms with Gasteiger partial charge in [0.25, 0.3) is 0 Å². The van der Waals surface area contributed by atoms with E-state index in [1.807, 2.05) is 6.92 Å². The number of hydrogen-bond acceptors (Lipinski definition) is 2. The van der Waals surface area contributed by atoms with Gasteiger partial charge in [-0.3, -0.25) is 4.68 Å². The zero-order chi connectivity index (χ0) is 13.8. The van der Waals surface area contributed by atoms with Gasteiger partial charge in [-0.25, -0.2) is 0 Å². The van der Waals surface area contributed by atoms with E-state index in [0.29, 0.717) is 12.6 Å². The van der Waals surface area contributed by atoms with Crippen LogP contribution in [0.2, 0.25) is 0 Å². The topological polar surface area (TPSA) is 29.9 Å². The van der Waals surface area contributed by atoms with Gasteiger partial charge in [0.15, 0.2) is 5.69 Å². The molecule has 0 fully saturated rings. The molecule has 0 spiro atoms. The van der Waals surface area contributed by atoms with Crippen molar-refractivity contribution < 1.29 is 13.2 Å². The van der Waals surface area contributed by atoms with Crippen molar-refractivity contribution >= 4 is 0 Å². The Morgan fingerprint density at radius 3 is 2.56 bits per heavy atom. The summed E-state index contributed by atoms with van der Waals surface area (Å²) in [6.07, 6.45) is -0.851. The van der Waals surface area contributed by atoms with E-state index in [2.05, 4.69) is 24.3 Å². The number of alkyl halides is 3. The normalized spacial score (nSPS) is 15.7. The van der Waals surface area contributed by atoms with Crippen LogP contribution in [0.3, 0.4) is 0 Å². The van der Waals surface area contributed by atoms with E-state index >= 15 is 0 Å². The van der Waals surface area contributed by atoms with Crippen molar-refractivity contribution in [3.05, 3.63) is 18.0 Å². The quantitative estimate of drug-likeness (QED) is 0.854. The van der Waals surface area contributed by atoms with Crippen LogP contribution in [0.1, 0.15) is 45.3 Å². The van der Waals surface area contributed by atoms with E-state index in [9.17, 15) is 13.2 Å². The SMILES string of the molecule is CCCC(C)NCC(C)n1ccc(C(F)(F)F)n1.